The second-order valence-electron chi connectivity index (χ2n) is 3.16. The quantitative estimate of drug-likeness (QED) is 0.630. The number of amides is 1. The van der Waals surface area contributed by atoms with Gasteiger partial charge in [0.15, 0.2) is 0 Å². The highest BCUT2D eigenvalue weighted by Crippen LogP contribution is 1.93. The van der Waals surface area contributed by atoms with Crippen molar-refractivity contribution in [3.63, 3.8) is 0 Å². The molecular weight excluding hydrogens is 198 g/mol. The summed E-state index contributed by atoms with van der Waals surface area (Å²) in [5.41, 5.74) is 0. The van der Waals surface area contributed by atoms with E-state index < -0.39 is 0 Å². The largest absolute Gasteiger partial charge is 0.466 e. The van der Waals surface area contributed by atoms with Gasteiger partial charge in [-0.25, -0.2) is 0 Å². The van der Waals surface area contributed by atoms with E-state index in [4.69, 9.17) is 9.47 Å². The summed E-state index contributed by atoms with van der Waals surface area (Å²) in [6.07, 6.45) is 0.271. The normalized spacial score (nSPS) is 11.9. The lowest BCUT2D eigenvalue weighted by Crippen LogP contribution is -2.31. The molecule has 0 heterocycles. The Bertz CT molecular complexity index is 206. The standard InChI is InChI=1S/C10H19NO4/c1-4-15-10(13)6-5-9(12)11-7-8(2)14-3/h8H,4-7H2,1-3H3,(H,11,12). The molecule has 0 bridgehead atoms. The maximum Gasteiger partial charge on any atom is 0.306 e. The fourth-order valence-corrected chi connectivity index (χ4v) is 0.878. The first-order valence-corrected chi connectivity index (χ1v) is 5.05. The summed E-state index contributed by atoms with van der Waals surface area (Å²) in [4.78, 5) is 22.1. The van der Waals surface area contributed by atoms with Gasteiger partial charge >= 0.3 is 5.97 Å². The Hall–Kier alpha value is -1.10. The molecule has 0 spiro atoms. The summed E-state index contributed by atoms with van der Waals surface area (Å²) in [5, 5.41) is 2.66. The summed E-state index contributed by atoms with van der Waals surface area (Å²) in [6, 6.07) is 0. The van der Waals surface area contributed by atoms with Gasteiger partial charge in [0.1, 0.15) is 0 Å². The third-order valence-electron chi connectivity index (χ3n) is 1.85. The molecule has 0 aromatic carbocycles. The Balaban J connectivity index is 3.53. The molecule has 1 atom stereocenters. The lowest BCUT2D eigenvalue weighted by Gasteiger charge is -2.10. The van der Waals surface area contributed by atoms with Crippen LogP contribution in [0, 0.1) is 0 Å². The van der Waals surface area contributed by atoms with Crippen LogP contribution in [0.15, 0.2) is 0 Å². The van der Waals surface area contributed by atoms with E-state index in [1.54, 1.807) is 14.0 Å². The minimum absolute atomic E-state index is 0.0171. The van der Waals surface area contributed by atoms with Gasteiger partial charge in [0.2, 0.25) is 5.91 Å². The van der Waals surface area contributed by atoms with E-state index in [1.807, 2.05) is 6.92 Å². The van der Waals surface area contributed by atoms with Crippen molar-refractivity contribution in [2.75, 3.05) is 20.3 Å². The summed E-state index contributed by atoms with van der Waals surface area (Å²) in [5.74, 6) is -0.501. The Labute approximate surface area is 90.1 Å². The van der Waals surface area contributed by atoms with Gasteiger partial charge in [-0.3, -0.25) is 9.59 Å². The Morgan fingerprint density at radius 1 is 1.33 bits per heavy atom. The van der Waals surface area contributed by atoms with E-state index in [1.165, 1.54) is 0 Å². The molecule has 5 heteroatoms. The van der Waals surface area contributed by atoms with Crippen molar-refractivity contribution in [3.05, 3.63) is 0 Å². The molecule has 0 rings (SSSR count). The molecule has 88 valence electrons. The highest BCUT2D eigenvalue weighted by Gasteiger charge is 2.08. The number of carbonyl (C=O) groups is 2. The van der Waals surface area contributed by atoms with Crippen LogP contribution in [0.25, 0.3) is 0 Å². The monoisotopic (exact) mass is 217 g/mol. The highest BCUT2D eigenvalue weighted by atomic mass is 16.5. The minimum Gasteiger partial charge on any atom is -0.466 e. The molecule has 5 nitrogen and oxygen atoms in total. The SMILES string of the molecule is CCOC(=O)CCC(=O)NCC(C)OC. The van der Waals surface area contributed by atoms with Crippen molar-refractivity contribution < 1.29 is 19.1 Å². The van der Waals surface area contributed by atoms with Crippen LogP contribution < -0.4 is 5.32 Å². The van der Waals surface area contributed by atoms with Crippen molar-refractivity contribution in [1.82, 2.24) is 5.32 Å². The predicted molar refractivity (Wildman–Crippen MR) is 55.3 cm³/mol. The molecule has 1 unspecified atom stereocenters. The van der Waals surface area contributed by atoms with Crippen LogP contribution >= 0.6 is 0 Å². The summed E-state index contributed by atoms with van der Waals surface area (Å²) in [6.45, 7) is 4.39. The average molecular weight is 217 g/mol. The maximum atomic E-state index is 11.2. The fraction of sp³-hybridized carbons (Fsp3) is 0.800. The zero-order chi connectivity index (χ0) is 11.7. The zero-order valence-electron chi connectivity index (χ0n) is 9.54. The van der Waals surface area contributed by atoms with Crippen LogP contribution in [0.2, 0.25) is 0 Å². The van der Waals surface area contributed by atoms with E-state index in [2.05, 4.69) is 5.32 Å². The second kappa shape index (κ2) is 8.23. The predicted octanol–water partition coefficient (Wildman–Crippen LogP) is 0.481. The van der Waals surface area contributed by atoms with E-state index in [9.17, 15) is 9.59 Å². The summed E-state index contributed by atoms with van der Waals surface area (Å²) < 4.78 is 9.65. The second-order valence-corrected chi connectivity index (χ2v) is 3.16. The lowest BCUT2D eigenvalue weighted by molar-refractivity contribution is -0.144. The molecule has 0 saturated heterocycles. The Kier molecular flexibility index (Phi) is 7.62. The smallest absolute Gasteiger partial charge is 0.306 e. The minimum atomic E-state index is -0.340. The van der Waals surface area contributed by atoms with E-state index in [-0.39, 0.29) is 30.8 Å². The van der Waals surface area contributed by atoms with Crippen molar-refractivity contribution in [2.45, 2.75) is 32.8 Å². The van der Waals surface area contributed by atoms with Gasteiger partial charge in [-0.15, -0.1) is 0 Å². The van der Waals surface area contributed by atoms with E-state index in [0.717, 1.165) is 0 Å². The number of methoxy groups -OCH3 is 1. The Morgan fingerprint density at radius 3 is 2.53 bits per heavy atom. The maximum absolute atomic E-state index is 11.2. The molecule has 0 aliphatic heterocycles. The lowest BCUT2D eigenvalue weighted by atomic mass is 10.3. The first kappa shape index (κ1) is 13.9. The fourth-order valence-electron chi connectivity index (χ4n) is 0.878. The number of hydrogen-bond donors (Lipinski definition) is 1. The number of hydrogen-bond acceptors (Lipinski definition) is 4. The third-order valence-corrected chi connectivity index (χ3v) is 1.85. The number of esters is 1. The van der Waals surface area contributed by atoms with Crippen molar-refractivity contribution in [2.24, 2.45) is 0 Å². The van der Waals surface area contributed by atoms with E-state index >= 15 is 0 Å². The number of nitrogens with one attached hydrogen (secondary N) is 1. The zero-order valence-corrected chi connectivity index (χ0v) is 9.54. The van der Waals surface area contributed by atoms with Gasteiger partial charge in [-0.2, -0.15) is 0 Å². The topological polar surface area (TPSA) is 64.6 Å². The first-order valence-electron chi connectivity index (χ1n) is 5.05. The third kappa shape index (κ3) is 7.93. The molecule has 0 radical (unpaired) electrons. The average Bonchev–Trinajstić information content (AvgIpc) is 2.23. The molecule has 15 heavy (non-hydrogen) atoms. The number of ether oxygens (including phenoxy) is 2. The van der Waals surface area contributed by atoms with E-state index in [0.29, 0.717) is 13.2 Å². The van der Waals surface area contributed by atoms with Gasteiger partial charge in [-0.1, -0.05) is 0 Å². The van der Waals surface area contributed by atoms with Gasteiger partial charge in [-0.05, 0) is 13.8 Å². The molecule has 0 aliphatic rings. The first-order chi connectivity index (χ1) is 7.10. The van der Waals surface area contributed by atoms with Gasteiger partial charge < -0.3 is 14.8 Å². The van der Waals surface area contributed by atoms with Crippen LogP contribution in [-0.2, 0) is 19.1 Å². The van der Waals surface area contributed by atoms with Crippen LogP contribution in [0.4, 0.5) is 0 Å². The van der Waals surface area contributed by atoms with Crippen LogP contribution in [-0.4, -0.2) is 38.2 Å². The molecule has 1 N–H and O–H groups in total. The highest BCUT2D eigenvalue weighted by molar-refractivity contribution is 5.81. The molecular formula is C10H19NO4. The van der Waals surface area contributed by atoms with Gasteiger partial charge in [0, 0.05) is 20.1 Å². The van der Waals surface area contributed by atoms with Crippen molar-refractivity contribution in [1.29, 1.82) is 0 Å². The molecule has 0 saturated carbocycles. The van der Waals surface area contributed by atoms with Gasteiger partial charge in [0.25, 0.3) is 0 Å². The molecule has 0 aliphatic carbocycles. The van der Waals surface area contributed by atoms with Crippen LogP contribution in [0.1, 0.15) is 26.7 Å². The summed E-state index contributed by atoms with van der Waals surface area (Å²) >= 11 is 0. The van der Waals surface area contributed by atoms with Gasteiger partial charge in [0.05, 0.1) is 19.1 Å². The van der Waals surface area contributed by atoms with Crippen molar-refractivity contribution in [3.8, 4) is 0 Å². The molecule has 0 aromatic heterocycles. The Morgan fingerprint density at radius 2 is 2.00 bits per heavy atom. The molecule has 1 amide bonds. The molecule has 0 aromatic rings. The van der Waals surface area contributed by atoms with Crippen LogP contribution in [0.5, 0.6) is 0 Å². The van der Waals surface area contributed by atoms with Crippen molar-refractivity contribution >= 4 is 11.9 Å². The number of carbonyl (C=O) groups excluding carboxylic acids is 2. The van der Waals surface area contributed by atoms with Crippen LogP contribution in [0.3, 0.4) is 0 Å². The molecule has 0 fully saturated rings. The summed E-state index contributed by atoms with van der Waals surface area (Å²) in [7, 11) is 1.58. The number of rotatable bonds is 7.